The summed E-state index contributed by atoms with van der Waals surface area (Å²) in [7, 11) is 0. The third-order valence-corrected chi connectivity index (χ3v) is 4.64. The van der Waals surface area contributed by atoms with Gasteiger partial charge in [0, 0.05) is 11.1 Å². The van der Waals surface area contributed by atoms with Crippen molar-refractivity contribution in [1.82, 2.24) is 4.57 Å². The van der Waals surface area contributed by atoms with Gasteiger partial charge in [-0.3, -0.25) is 4.79 Å². The molecule has 4 heteroatoms. The first-order chi connectivity index (χ1) is 9.09. The van der Waals surface area contributed by atoms with Gasteiger partial charge in [0.05, 0.1) is 11.1 Å². The number of hydrogen-bond acceptors (Lipinski definition) is 2. The Kier molecular flexibility index (Phi) is 2.68. The molecule has 0 unspecified atom stereocenters. The molecule has 0 spiro atoms. The lowest BCUT2D eigenvalue weighted by atomic mass is 10.1. The smallest absolute Gasteiger partial charge is 0.252 e. The number of amides is 1. The van der Waals surface area contributed by atoms with Gasteiger partial charge < -0.3 is 10.3 Å². The molecule has 0 radical (unpaired) electrons. The van der Waals surface area contributed by atoms with Crippen LogP contribution in [-0.2, 0) is 0 Å². The number of thiophene rings is 1. The van der Waals surface area contributed by atoms with Gasteiger partial charge in [0.2, 0.25) is 0 Å². The summed E-state index contributed by atoms with van der Waals surface area (Å²) >= 11 is 1.60. The number of aromatic nitrogens is 1. The lowest BCUT2D eigenvalue weighted by Gasteiger charge is -2.05. The van der Waals surface area contributed by atoms with E-state index in [0.29, 0.717) is 5.56 Å². The second-order valence-electron chi connectivity index (χ2n) is 4.57. The van der Waals surface area contributed by atoms with Crippen molar-refractivity contribution in [1.29, 1.82) is 0 Å². The first-order valence-electron chi connectivity index (χ1n) is 6.06. The quantitative estimate of drug-likeness (QED) is 0.762. The average molecular weight is 270 g/mol. The van der Waals surface area contributed by atoms with E-state index in [-0.39, 0.29) is 5.91 Å². The van der Waals surface area contributed by atoms with Crippen molar-refractivity contribution < 1.29 is 4.79 Å². The van der Waals surface area contributed by atoms with Gasteiger partial charge in [0.1, 0.15) is 5.00 Å². The Balaban J connectivity index is 2.33. The largest absolute Gasteiger partial charge is 0.365 e. The van der Waals surface area contributed by atoms with Crippen LogP contribution in [0.4, 0.5) is 0 Å². The molecule has 0 aliphatic heterocycles. The van der Waals surface area contributed by atoms with Gasteiger partial charge in [-0.25, -0.2) is 0 Å². The zero-order valence-corrected chi connectivity index (χ0v) is 11.6. The van der Waals surface area contributed by atoms with Gasteiger partial charge in [0.25, 0.3) is 5.91 Å². The molecule has 0 aliphatic carbocycles. The second-order valence-corrected chi connectivity index (χ2v) is 5.78. The third-order valence-electron chi connectivity index (χ3n) is 3.43. The van der Waals surface area contributed by atoms with Crippen molar-refractivity contribution in [3.63, 3.8) is 0 Å². The Bertz CT molecular complexity index is 783. The summed E-state index contributed by atoms with van der Waals surface area (Å²) < 4.78 is 2.04. The molecule has 96 valence electrons. The van der Waals surface area contributed by atoms with Gasteiger partial charge in [0.15, 0.2) is 0 Å². The van der Waals surface area contributed by atoms with E-state index in [0.717, 1.165) is 26.3 Å². The van der Waals surface area contributed by atoms with Gasteiger partial charge in [-0.05, 0) is 36.9 Å². The zero-order chi connectivity index (χ0) is 13.6. The molecule has 0 fully saturated rings. The summed E-state index contributed by atoms with van der Waals surface area (Å²) in [4.78, 5) is 12.8. The molecule has 0 saturated carbocycles. The van der Waals surface area contributed by atoms with E-state index < -0.39 is 0 Å². The SMILES string of the molecule is Cc1sc(-n2ccc3ccccc32)c(C(N)=O)c1C. The molecule has 2 heterocycles. The molecular weight excluding hydrogens is 256 g/mol. The maximum absolute atomic E-state index is 11.7. The number of fused-ring (bicyclic) bond motifs is 1. The molecule has 0 saturated heterocycles. The molecule has 3 rings (SSSR count). The van der Waals surface area contributed by atoms with Gasteiger partial charge in [-0.2, -0.15) is 0 Å². The van der Waals surface area contributed by atoms with Crippen LogP contribution in [0, 0.1) is 13.8 Å². The van der Waals surface area contributed by atoms with Crippen molar-refractivity contribution >= 4 is 28.1 Å². The first-order valence-corrected chi connectivity index (χ1v) is 6.87. The number of aryl methyl sites for hydroxylation is 1. The van der Waals surface area contributed by atoms with Crippen LogP contribution >= 0.6 is 11.3 Å². The number of hydrogen-bond donors (Lipinski definition) is 1. The maximum atomic E-state index is 11.7. The number of para-hydroxylation sites is 1. The van der Waals surface area contributed by atoms with E-state index in [1.165, 1.54) is 0 Å². The topological polar surface area (TPSA) is 48.0 Å². The molecule has 0 aliphatic rings. The molecule has 3 aromatic rings. The minimum atomic E-state index is -0.366. The van der Waals surface area contributed by atoms with Crippen molar-refractivity contribution in [3.05, 3.63) is 52.5 Å². The Hall–Kier alpha value is -2.07. The molecule has 3 nitrogen and oxygen atoms in total. The number of benzene rings is 1. The minimum Gasteiger partial charge on any atom is -0.365 e. The lowest BCUT2D eigenvalue weighted by molar-refractivity contribution is 0.1000. The summed E-state index contributed by atoms with van der Waals surface area (Å²) in [6, 6.07) is 10.2. The predicted octanol–water partition coefficient (Wildman–Crippen LogP) is 3.41. The molecule has 1 aromatic carbocycles. The summed E-state index contributed by atoms with van der Waals surface area (Å²) in [5.74, 6) is -0.366. The fraction of sp³-hybridized carbons (Fsp3) is 0.133. The molecule has 1 amide bonds. The monoisotopic (exact) mass is 270 g/mol. The Labute approximate surface area is 115 Å². The highest BCUT2D eigenvalue weighted by Gasteiger charge is 2.19. The maximum Gasteiger partial charge on any atom is 0.252 e. The second kappa shape index (κ2) is 4.24. The normalized spacial score (nSPS) is 11.1. The average Bonchev–Trinajstić information content (AvgIpc) is 2.92. The number of primary amides is 1. The first kappa shape index (κ1) is 12.0. The number of rotatable bonds is 2. The van der Waals surface area contributed by atoms with Crippen LogP contribution in [0.15, 0.2) is 36.5 Å². The minimum absolute atomic E-state index is 0.366. The van der Waals surface area contributed by atoms with Crippen LogP contribution in [0.2, 0.25) is 0 Å². The lowest BCUT2D eigenvalue weighted by Crippen LogP contribution is -2.14. The van der Waals surface area contributed by atoms with E-state index >= 15 is 0 Å². The van der Waals surface area contributed by atoms with Gasteiger partial charge in [-0.1, -0.05) is 18.2 Å². The van der Waals surface area contributed by atoms with Crippen molar-refractivity contribution in [3.8, 4) is 5.00 Å². The fourth-order valence-electron chi connectivity index (χ4n) is 2.33. The van der Waals surface area contributed by atoms with E-state index in [2.05, 4.69) is 6.07 Å². The van der Waals surface area contributed by atoms with Crippen LogP contribution in [0.1, 0.15) is 20.8 Å². The fourth-order valence-corrected chi connectivity index (χ4v) is 3.49. The highest BCUT2D eigenvalue weighted by Crippen LogP contribution is 2.33. The third kappa shape index (κ3) is 1.76. The summed E-state index contributed by atoms with van der Waals surface area (Å²) in [5.41, 5.74) is 8.23. The Morgan fingerprint density at radius 3 is 2.68 bits per heavy atom. The van der Waals surface area contributed by atoms with Gasteiger partial charge >= 0.3 is 0 Å². The Morgan fingerprint density at radius 1 is 1.21 bits per heavy atom. The van der Waals surface area contributed by atoms with E-state index in [4.69, 9.17) is 5.73 Å². The number of nitrogens with zero attached hydrogens (tertiary/aromatic N) is 1. The summed E-state index contributed by atoms with van der Waals surface area (Å²) in [6.45, 7) is 3.96. The van der Waals surface area contributed by atoms with Gasteiger partial charge in [-0.15, -0.1) is 11.3 Å². The molecule has 19 heavy (non-hydrogen) atoms. The number of nitrogens with two attached hydrogens (primary N) is 1. The summed E-state index contributed by atoms with van der Waals surface area (Å²) in [5, 5.41) is 2.06. The van der Waals surface area contributed by atoms with E-state index in [9.17, 15) is 4.79 Å². The molecule has 0 bridgehead atoms. The van der Waals surface area contributed by atoms with E-state index in [1.54, 1.807) is 11.3 Å². The molecule has 0 atom stereocenters. The molecule has 2 N–H and O–H groups in total. The van der Waals surface area contributed by atoms with Crippen molar-refractivity contribution in [2.45, 2.75) is 13.8 Å². The van der Waals surface area contributed by atoms with Crippen LogP contribution < -0.4 is 5.73 Å². The number of carbonyl (C=O) groups is 1. The molecule has 2 aromatic heterocycles. The highest BCUT2D eigenvalue weighted by atomic mass is 32.1. The van der Waals surface area contributed by atoms with Crippen LogP contribution in [0.3, 0.4) is 0 Å². The van der Waals surface area contributed by atoms with Crippen molar-refractivity contribution in [2.75, 3.05) is 0 Å². The van der Waals surface area contributed by atoms with Crippen LogP contribution in [-0.4, -0.2) is 10.5 Å². The summed E-state index contributed by atoms with van der Waals surface area (Å²) in [6.07, 6.45) is 1.99. The zero-order valence-electron chi connectivity index (χ0n) is 10.8. The van der Waals surface area contributed by atoms with Crippen LogP contribution in [0.25, 0.3) is 15.9 Å². The van der Waals surface area contributed by atoms with Crippen molar-refractivity contribution in [2.24, 2.45) is 5.73 Å². The standard InChI is InChI=1S/C15H14N2OS/c1-9-10(2)19-15(13(9)14(16)18)17-8-7-11-5-3-4-6-12(11)17/h3-8H,1-2H3,(H2,16,18). The highest BCUT2D eigenvalue weighted by molar-refractivity contribution is 7.15. The number of carbonyl (C=O) groups excluding carboxylic acids is 1. The predicted molar refractivity (Wildman–Crippen MR) is 79.1 cm³/mol. The molecular formula is C15H14N2OS. The Morgan fingerprint density at radius 2 is 1.95 bits per heavy atom. The van der Waals surface area contributed by atoms with Crippen LogP contribution in [0.5, 0.6) is 0 Å². The van der Waals surface area contributed by atoms with E-state index in [1.807, 2.05) is 48.9 Å².